The van der Waals surface area contributed by atoms with Gasteiger partial charge >= 0.3 is 0 Å². The van der Waals surface area contributed by atoms with Crippen molar-refractivity contribution in [3.05, 3.63) is 58.1 Å². The summed E-state index contributed by atoms with van der Waals surface area (Å²) >= 11 is 11.8. The number of rotatable bonds is 7. The molecule has 2 aromatic carbocycles. The van der Waals surface area contributed by atoms with Gasteiger partial charge in [-0.15, -0.1) is 0 Å². The molecule has 0 aliphatic carbocycles. The molecule has 0 aromatic heterocycles. The molecule has 138 valence electrons. The van der Waals surface area contributed by atoms with E-state index in [9.17, 15) is 9.59 Å². The summed E-state index contributed by atoms with van der Waals surface area (Å²) in [6.45, 7) is 2.56. The number of halogens is 2. The van der Waals surface area contributed by atoms with E-state index in [1.807, 2.05) is 6.92 Å². The van der Waals surface area contributed by atoms with Gasteiger partial charge in [-0.05, 0) is 48.9 Å². The zero-order valence-corrected chi connectivity index (χ0v) is 16.1. The van der Waals surface area contributed by atoms with Crippen molar-refractivity contribution >= 4 is 40.7 Å². The summed E-state index contributed by atoms with van der Waals surface area (Å²) in [5.74, 6) is 0.127. The molecule has 0 aliphatic heterocycles. The second-order valence-corrected chi connectivity index (χ2v) is 6.53. The Morgan fingerprint density at radius 2 is 1.77 bits per heavy atom. The first-order valence-corrected chi connectivity index (χ1v) is 8.89. The number of hydrogen-bond donors (Lipinski definition) is 1. The van der Waals surface area contributed by atoms with Gasteiger partial charge in [-0.1, -0.05) is 30.1 Å². The maximum atomic E-state index is 12.4. The molecule has 0 heterocycles. The second kappa shape index (κ2) is 9.46. The summed E-state index contributed by atoms with van der Waals surface area (Å²) in [5.41, 5.74) is 1.00. The van der Waals surface area contributed by atoms with Gasteiger partial charge < -0.3 is 15.0 Å². The Labute approximate surface area is 162 Å². The van der Waals surface area contributed by atoms with Crippen molar-refractivity contribution in [2.24, 2.45) is 0 Å². The molecule has 5 nitrogen and oxygen atoms in total. The molecule has 0 saturated carbocycles. The molecule has 0 aliphatic rings. The summed E-state index contributed by atoms with van der Waals surface area (Å²) in [6, 6.07) is 11.6. The van der Waals surface area contributed by atoms with Crippen molar-refractivity contribution in [3.8, 4) is 5.75 Å². The van der Waals surface area contributed by atoms with Crippen LogP contribution in [0.15, 0.2) is 42.5 Å². The molecule has 0 saturated heterocycles. The summed E-state index contributed by atoms with van der Waals surface area (Å²) in [4.78, 5) is 25.9. The maximum absolute atomic E-state index is 12.4. The number of nitrogens with zero attached hydrogens (tertiary/aromatic N) is 1. The largest absolute Gasteiger partial charge is 0.494 e. The summed E-state index contributed by atoms with van der Waals surface area (Å²) in [5, 5.41) is 3.44. The van der Waals surface area contributed by atoms with Crippen LogP contribution in [0.1, 0.15) is 23.7 Å². The molecular formula is C19H20Cl2N2O3. The van der Waals surface area contributed by atoms with Crippen LogP contribution < -0.4 is 10.1 Å². The zero-order valence-electron chi connectivity index (χ0n) is 14.6. The van der Waals surface area contributed by atoms with Crippen molar-refractivity contribution in [2.45, 2.75) is 13.3 Å². The van der Waals surface area contributed by atoms with E-state index >= 15 is 0 Å². The van der Waals surface area contributed by atoms with Gasteiger partial charge in [0.05, 0.1) is 23.2 Å². The number of amides is 2. The molecule has 0 spiro atoms. The predicted octanol–water partition coefficient (Wildman–Crippen LogP) is 4.49. The third kappa shape index (κ3) is 5.64. The maximum Gasteiger partial charge on any atom is 0.254 e. The van der Waals surface area contributed by atoms with Crippen molar-refractivity contribution < 1.29 is 14.3 Å². The monoisotopic (exact) mass is 394 g/mol. The Hall–Kier alpha value is -2.24. The number of hydrogen-bond acceptors (Lipinski definition) is 3. The zero-order chi connectivity index (χ0) is 19.1. The van der Waals surface area contributed by atoms with Gasteiger partial charge in [-0.25, -0.2) is 0 Å². The van der Waals surface area contributed by atoms with Crippen LogP contribution in [0.25, 0.3) is 0 Å². The van der Waals surface area contributed by atoms with Crippen LogP contribution in [0.5, 0.6) is 5.75 Å². The SMILES string of the molecule is CCCOc1ccc(C(=O)N(C)CC(=O)Nc2ccc(Cl)c(Cl)c2)cc1. The van der Waals surface area contributed by atoms with Gasteiger partial charge in [-0.2, -0.15) is 0 Å². The Morgan fingerprint density at radius 3 is 2.38 bits per heavy atom. The van der Waals surface area contributed by atoms with Crippen LogP contribution in [0.3, 0.4) is 0 Å². The number of benzene rings is 2. The van der Waals surface area contributed by atoms with Gasteiger partial charge in [0.1, 0.15) is 5.75 Å². The molecule has 26 heavy (non-hydrogen) atoms. The highest BCUT2D eigenvalue weighted by Gasteiger charge is 2.15. The lowest BCUT2D eigenvalue weighted by molar-refractivity contribution is -0.116. The number of ether oxygens (including phenoxy) is 1. The van der Waals surface area contributed by atoms with E-state index in [0.717, 1.165) is 6.42 Å². The number of likely N-dealkylation sites (N-methyl/N-ethyl adjacent to an activating group) is 1. The average molecular weight is 395 g/mol. The molecular weight excluding hydrogens is 375 g/mol. The third-order valence-electron chi connectivity index (χ3n) is 3.50. The van der Waals surface area contributed by atoms with Crippen molar-refractivity contribution in [1.29, 1.82) is 0 Å². The fraction of sp³-hybridized carbons (Fsp3) is 0.263. The first-order chi connectivity index (χ1) is 12.4. The summed E-state index contributed by atoms with van der Waals surface area (Å²) in [6.07, 6.45) is 0.914. The Bertz CT molecular complexity index is 779. The molecule has 0 bridgehead atoms. The van der Waals surface area contributed by atoms with Gasteiger partial charge in [0, 0.05) is 18.3 Å². The van der Waals surface area contributed by atoms with Crippen LogP contribution in [-0.2, 0) is 4.79 Å². The molecule has 0 radical (unpaired) electrons. The number of nitrogens with one attached hydrogen (secondary N) is 1. The van der Waals surface area contributed by atoms with Crippen LogP contribution in [0, 0.1) is 0 Å². The van der Waals surface area contributed by atoms with E-state index in [4.69, 9.17) is 27.9 Å². The average Bonchev–Trinajstić information content (AvgIpc) is 2.62. The van der Waals surface area contributed by atoms with Crippen molar-refractivity contribution in [1.82, 2.24) is 4.90 Å². The molecule has 2 rings (SSSR count). The van der Waals surface area contributed by atoms with Crippen LogP contribution >= 0.6 is 23.2 Å². The van der Waals surface area contributed by atoms with Gasteiger partial charge in [-0.3, -0.25) is 9.59 Å². The highest BCUT2D eigenvalue weighted by Crippen LogP contribution is 2.25. The lowest BCUT2D eigenvalue weighted by Gasteiger charge is -2.17. The number of carbonyl (C=O) groups is 2. The normalized spacial score (nSPS) is 10.3. The molecule has 1 N–H and O–H groups in total. The van der Waals surface area contributed by atoms with E-state index in [2.05, 4.69) is 5.32 Å². The van der Waals surface area contributed by atoms with Crippen LogP contribution in [0.4, 0.5) is 5.69 Å². The second-order valence-electron chi connectivity index (χ2n) is 5.71. The molecule has 2 amide bonds. The standard InChI is InChI=1S/C19H20Cl2N2O3/c1-3-10-26-15-7-4-13(5-8-15)19(25)23(2)12-18(24)22-14-6-9-16(20)17(21)11-14/h4-9,11H,3,10,12H2,1-2H3,(H,22,24). The van der Waals surface area contributed by atoms with Gasteiger partial charge in [0.2, 0.25) is 5.91 Å². The summed E-state index contributed by atoms with van der Waals surface area (Å²) < 4.78 is 5.49. The van der Waals surface area contributed by atoms with E-state index in [1.54, 1.807) is 49.5 Å². The first kappa shape index (κ1) is 20.1. The topological polar surface area (TPSA) is 58.6 Å². The molecule has 2 aromatic rings. The number of anilines is 1. The van der Waals surface area contributed by atoms with E-state index in [-0.39, 0.29) is 18.4 Å². The Morgan fingerprint density at radius 1 is 1.08 bits per heavy atom. The van der Waals surface area contributed by atoms with Crippen molar-refractivity contribution in [2.75, 3.05) is 25.5 Å². The van der Waals surface area contributed by atoms with E-state index < -0.39 is 0 Å². The quantitative estimate of drug-likeness (QED) is 0.752. The minimum absolute atomic E-state index is 0.0901. The van der Waals surface area contributed by atoms with Gasteiger partial charge in [0.15, 0.2) is 0 Å². The van der Waals surface area contributed by atoms with E-state index in [0.29, 0.717) is 33.7 Å². The Kier molecular flexibility index (Phi) is 7.30. The number of carbonyl (C=O) groups excluding carboxylic acids is 2. The van der Waals surface area contributed by atoms with E-state index in [1.165, 1.54) is 4.90 Å². The highest BCUT2D eigenvalue weighted by atomic mass is 35.5. The minimum atomic E-state index is -0.331. The highest BCUT2D eigenvalue weighted by molar-refractivity contribution is 6.42. The van der Waals surface area contributed by atoms with Gasteiger partial charge in [0.25, 0.3) is 5.91 Å². The lowest BCUT2D eigenvalue weighted by atomic mass is 10.2. The molecule has 7 heteroatoms. The molecule has 0 fully saturated rings. The summed E-state index contributed by atoms with van der Waals surface area (Å²) in [7, 11) is 1.57. The molecule has 0 atom stereocenters. The van der Waals surface area contributed by atoms with Crippen LogP contribution in [0.2, 0.25) is 10.0 Å². The smallest absolute Gasteiger partial charge is 0.254 e. The fourth-order valence-corrected chi connectivity index (χ4v) is 2.49. The Balaban J connectivity index is 1.93. The third-order valence-corrected chi connectivity index (χ3v) is 4.24. The fourth-order valence-electron chi connectivity index (χ4n) is 2.20. The van der Waals surface area contributed by atoms with Crippen molar-refractivity contribution in [3.63, 3.8) is 0 Å². The molecule has 0 unspecified atom stereocenters. The van der Waals surface area contributed by atoms with Crippen LogP contribution in [-0.4, -0.2) is 36.9 Å². The lowest BCUT2D eigenvalue weighted by Crippen LogP contribution is -2.34. The minimum Gasteiger partial charge on any atom is -0.494 e. The predicted molar refractivity (Wildman–Crippen MR) is 104 cm³/mol. The first-order valence-electron chi connectivity index (χ1n) is 8.14.